The van der Waals surface area contributed by atoms with Crippen molar-refractivity contribution in [2.75, 3.05) is 17.2 Å². The van der Waals surface area contributed by atoms with Crippen molar-refractivity contribution >= 4 is 28.6 Å². The van der Waals surface area contributed by atoms with Crippen LogP contribution in [0.2, 0.25) is 0 Å². The first-order valence-electron chi connectivity index (χ1n) is 6.80. The van der Waals surface area contributed by atoms with E-state index in [0.717, 1.165) is 16.3 Å². The molecule has 9 heteroatoms. The summed E-state index contributed by atoms with van der Waals surface area (Å²) in [5.74, 6) is -0.356. The summed E-state index contributed by atoms with van der Waals surface area (Å²) in [5.41, 5.74) is 0.440. The van der Waals surface area contributed by atoms with Gasteiger partial charge in [0.1, 0.15) is 11.6 Å². The molecule has 0 saturated heterocycles. The van der Waals surface area contributed by atoms with Gasteiger partial charge in [-0.3, -0.25) is 4.79 Å². The molecule has 1 heterocycles. The van der Waals surface area contributed by atoms with Gasteiger partial charge in [0.2, 0.25) is 5.01 Å². The molecule has 2 N–H and O–H groups in total. The van der Waals surface area contributed by atoms with Crippen molar-refractivity contribution < 1.29 is 18.0 Å². The van der Waals surface area contributed by atoms with Crippen LogP contribution in [-0.4, -0.2) is 28.8 Å². The van der Waals surface area contributed by atoms with Gasteiger partial charge in [0, 0.05) is 5.92 Å². The van der Waals surface area contributed by atoms with Crippen LogP contribution in [0.25, 0.3) is 0 Å². The number of hydrogen-bond acceptors (Lipinski definition) is 5. The van der Waals surface area contributed by atoms with Gasteiger partial charge in [0.05, 0.1) is 11.4 Å². The zero-order chi connectivity index (χ0) is 17.0. The van der Waals surface area contributed by atoms with Crippen molar-refractivity contribution in [3.63, 3.8) is 0 Å². The number of amides is 1. The summed E-state index contributed by atoms with van der Waals surface area (Å²) in [7, 11) is 0. The molecule has 1 aromatic heterocycles. The molecule has 0 aliphatic carbocycles. The van der Waals surface area contributed by atoms with Crippen molar-refractivity contribution in [3.05, 3.63) is 34.3 Å². The number of anilines is 2. The Morgan fingerprint density at radius 2 is 1.87 bits per heavy atom. The van der Waals surface area contributed by atoms with Crippen molar-refractivity contribution in [1.29, 1.82) is 0 Å². The van der Waals surface area contributed by atoms with Crippen LogP contribution in [-0.2, 0) is 0 Å². The zero-order valence-corrected chi connectivity index (χ0v) is 13.3. The fourth-order valence-corrected chi connectivity index (χ4v) is 2.42. The molecule has 0 bridgehead atoms. The monoisotopic (exact) mass is 344 g/mol. The Balaban J connectivity index is 2.11. The van der Waals surface area contributed by atoms with E-state index in [1.807, 2.05) is 13.8 Å². The SMILES string of the molecule is CC(C)c1nnc(C(=O)Nc2ccccc2NCC(F)(F)F)s1. The lowest BCUT2D eigenvalue weighted by Gasteiger charge is -2.13. The lowest BCUT2D eigenvalue weighted by molar-refractivity contribution is -0.115. The second-order valence-corrected chi connectivity index (χ2v) is 6.08. The largest absolute Gasteiger partial charge is 0.405 e. The summed E-state index contributed by atoms with van der Waals surface area (Å²) in [6, 6.07) is 6.17. The van der Waals surface area contributed by atoms with Gasteiger partial charge in [-0.2, -0.15) is 13.2 Å². The third-order valence-corrected chi connectivity index (χ3v) is 4.01. The summed E-state index contributed by atoms with van der Waals surface area (Å²) < 4.78 is 36.9. The molecule has 0 unspecified atom stereocenters. The van der Waals surface area contributed by atoms with Crippen molar-refractivity contribution in [2.24, 2.45) is 0 Å². The molecule has 23 heavy (non-hydrogen) atoms. The Hall–Kier alpha value is -2.16. The number of halogens is 3. The van der Waals surface area contributed by atoms with Gasteiger partial charge in [-0.1, -0.05) is 37.3 Å². The maximum atomic E-state index is 12.3. The predicted molar refractivity (Wildman–Crippen MR) is 82.9 cm³/mol. The van der Waals surface area contributed by atoms with Gasteiger partial charge in [0.15, 0.2) is 0 Å². The highest BCUT2D eigenvalue weighted by molar-refractivity contribution is 7.13. The van der Waals surface area contributed by atoms with Gasteiger partial charge in [-0.25, -0.2) is 0 Å². The van der Waals surface area contributed by atoms with Crippen molar-refractivity contribution in [2.45, 2.75) is 25.9 Å². The summed E-state index contributed by atoms with van der Waals surface area (Å²) >= 11 is 1.16. The summed E-state index contributed by atoms with van der Waals surface area (Å²) in [5, 5.41) is 13.4. The molecule has 0 radical (unpaired) electrons. The topological polar surface area (TPSA) is 66.9 Å². The van der Waals surface area contributed by atoms with E-state index in [9.17, 15) is 18.0 Å². The van der Waals surface area contributed by atoms with Crippen LogP contribution in [0, 0.1) is 0 Å². The molecule has 124 valence electrons. The van der Waals surface area contributed by atoms with E-state index in [1.54, 1.807) is 12.1 Å². The zero-order valence-electron chi connectivity index (χ0n) is 12.4. The molecule has 0 spiro atoms. The third kappa shape index (κ3) is 4.92. The van der Waals surface area contributed by atoms with E-state index in [1.165, 1.54) is 12.1 Å². The molecule has 2 aromatic rings. The Kier molecular flexibility index (Phi) is 5.19. The molecule has 5 nitrogen and oxygen atoms in total. The van der Waals surface area contributed by atoms with Gasteiger partial charge in [-0.05, 0) is 12.1 Å². The predicted octanol–water partition coefficient (Wildman–Crippen LogP) is 3.89. The third-order valence-electron chi connectivity index (χ3n) is 2.78. The normalized spacial score (nSPS) is 11.6. The first-order chi connectivity index (χ1) is 10.8. The average Bonchev–Trinajstić information content (AvgIpc) is 2.95. The highest BCUT2D eigenvalue weighted by Crippen LogP contribution is 2.25. The molecule has 1 amide bonds. The number of para-hydroxylation sites is 2. The maximum Gasteiger partial charge on any atom is 0.405 e. The summed E-state index contributed by atoms with van der Waals surface area (Å²) in [6.45, 7) is 2.67. The van der Waals surface area contributed by atoms with E-state index in [-0.39, 0.29) is 22.3 Å². The van der Waals surface area contributed by atoms with Gasteiger partial charge in [0.25, 0.3) is 5.91 Å². The maximum absolute atomic E-state index is 12.3. The highest BCUT2D eigenvalue weighted by Gasteiger charge is 2.27. The number of rotatable bonds is 5. The second-order valence-electron chi connectivity index (χ2n) is 5.07. The minimum atomic E-state index is -4.34. The van der Waals surface area contributed by atoms with E-state index >= 15 is 0 Å². The summed E-state index contributed by atoms with van der Waals surface area (Å²) in [6.07, 6.45) is -4.34. The van der Waals surface area contributed by atoms with Crippen LogP contribution >= 0.6 is 11.3 Å². The van der Waals surface area contributed by atoms with Gasteiger partial charge in [-0.15, -0.1) is 10.2 Å². The number of nitrogens with one attached hydrogen (secondary N) is 2. The van der Waals surface area contributed by atoms with Crippen LogP contribution in [0.5, 0.6) is 0 Å². The standard InChI is InChI=1S/C14H15F3N4OS/c1-8(2)12-20-21-13(23-12)11(22)19-10-6-4-3-5-9(10)18-7-14(15,16)17/h3-6,8,18H,7H2,1-2H3,(H,19,22). The molecule has 0 atom stereocenters. The number of carbonyl (C=O) groups is 1. The Bertz CT molecular complexity index is 685. The molecular formula is C14H15F3N4OS. The van der Waals surface area contributed by atoms with Crippen molar-refractivity contribution in [1.82, 2.24) is 10.2 Å². The molecule has 0 aliphatic rings. The fourth-order valence-electron chi connectivity index (χ4n) is 1.68. The number of nitrogens with zero attached hydrogens (tertiary/aromatic N) is 2. The molecule has 0 fully saturated rings. The number of aromatic nitrogens is 2. The fraction of sp³-hybridized carbons (Fsp3) is 0.357. The minimum Gasteiger partial charge on any atom is -0.375 e. The first-order valence-corrected chi connectivity index (χ1v) is 7.62. The molecular weight excluding hydrogens is 329 g/mol. The number of alkyl halides is 3. The van der Waals surface area contributed by atoms with Crippen LogP contribution in [0.1, 0.15) is 34.6 Å². The minimum absolute atomic E-state index is 0.148. The Labute approximate surface area is 134 Å². The number of benzene rings is 1. The van der Waals surface area contributed by atoms with Crippen LogP contribution in [0.15, 0.2) is 24.3 Å². The lowest BCUT2D eigenvalue weighted by atomic mass is 10.2. The Morgan fingerprint density at radius 1 is 1.22 bits per heavy atom. The van der Waals surface area contributed by atoms with E-state index in [4.69, 9.17) is 0 Å². The molecule has 0 aliphatic heterocycles. The Morgan fingerprint density at radius 3 is 2.43 bits per heavy atom. The van der Waals surface area contributed by atoms with E-state index < -0.39 is 18.6 Å². The molecule has 0 saturated carbocycles. The highest BCUT2D eigenvalue weighted by atomic mass is 32.1. The smallest absolute Gasteiger partial charge is 0.375 e. The number of hydrogen-bond donors (Lipinski definition) is 2. The van der Waals surface area contributed by atoms with E-state index in [0.29, 0.717) is 0 Å². The van der Waals surface area contributed by atoms with Gasteiger partial charge < -0.3 is 10.6 Å². The van der Waals surface area contributed by atoms with Crippen molar-refractivity contribution in [3.8, 4) is 0 Å². The van der Waals surface area contributed by atoms with Crippen LogP contribution in [0.3, 0.4) is 0 Å². The summed E-state index contributed by atoms with van der Waals surface area (Å²) in [4.78, 5) is 12.2. The van der Waals surface area contributed by atoms with E-state index in [2.05, 4.69) is 20.8 Å². The van der Waals surface area contributed by atoms with Crippen LogP contribution < -0.4 is 10.6 Å². The average molecular weight is 344 g/mol. The second kappa shape index (κ2) is 6.95. The lowest BCUT2D eigenvalue weighted by Crippen LogP contribution is -2.22. The molecule has 1 aromatic carbocycles. The first kappa shape index (κ1) is 17.2. The van der Waals surface area contributed by atoms with Gasteiger partial charge >= 0.3 is 6.18 Å². The molecule has 2 rings (SSSR count). The number of carbonyl (C=O) groups excluding carboxylic acids is 1. The van der Waals surface area contributed by atoms with Crippen LogP contribution in [0.4, 0.5) is 24.5 Å². The quantitative estimate of drug-likeness (QED) is 0.864.